The smallest absolute Gasteiger partial charge is 0.305 e. The number of anilines is 1. The zero-order valence-electron chi connectivity index (χ0n) is 10.5. The molecule has 1 saturated heterocycles. The molecule has 0 saturated carbocycles. The maximum Gasteiger partial charge on any atom is 0.328 e. The van der Waals surface area contributed by atoms with Gasteiger partial charge in [0.05, 0.1) is 4.92 Å². The van der Waals surface area contributed by atoms with Crippen molar-refractivity contribution in [3.63, 3.8) is 0 Å². The van der Waals surface area contributed by atoms with Crippen LogP contribution in [-0.2, 0) is 9.59 Å². The number of thioether (sulfide) groups is 1. The van der Waals surface area contributed by atoms with Crippen LogP contribution >= 0.6 is 11.8 Å². The summed E-state index contributed by atoms with van der Waals surface area (Å²) in [6.45, 7) is 1.55. The summed E-state index contributed by atoms with van der Waals surface area (Å²) in [7, 11) is 0. The highest BCUT2D eigenvalue weighted by atomic mass is 32.2. The van der Waals surface area contributed by atoms with Gasteiger partial charge in [0.25, 0.3) is 0 Å². The van der Waals surface area contributed by atoms with Crippen molar-refractivity contribution in [1.29, 1.82) is 0 Å². The fourth-order valence-corrected chi connectivity index (χ4v) is 3.04. The molecular formula is C12H11FN2O4S. The summed E-state index contributed by atoms with van der Waals surface area (Å²) in [5, 5.41) is 10.5. The van der Waals surface area contributed by atoms with Crippen LogP contribution in [0.4, 0.5) is 15.8 Å². The molecule has 0 N–H and O–H groups in total. The molecule has 106 valence electrons. The number of benzene rings is 1. The third-order valence-electron chi connectivity index (χ3n) is 2.86. The number of para-hydroxylation sites is 1. The molecule has 1 atom stereocenters. The van der Waals surface area contributed by atoms with Gasteiger partial charge in [0, 0.05) is 25.1 Å². The Morgan fingerprint density at radius 1 is 1.55 bits per heavy atom. The first-order valence-corrected chi connectivity index (χ1v) is 6.68. The maximum atomic E-state index is 13.5. The summed E-state index contributed by atoms with van der Waals surface area (Å²) in [5.74, 6) is -1.33. The van der Waals surface area contributed by atoms with Crippen molar-refractivity contribution < 1.29 is 18.9 Å². The molecular weight excluding hydrogens is 287 g/mol. The van der Waals surface area contributed by atoms with Crippen molar-refractivity contribution in [1.82, 2.24) is 0 Å². The van der Waals surface area contributed by atoms with Gasteiger partial charge in [-0.1, -0.05) is 17.8 Å². The Labute approximate surface area is 118 Å². The monoisotopic (exact) mass is 298 g/mol. The second-order valence-corrected chi connectivity index (χ2v) is 5.78. The summed E-state index contributed by atoms with van der Waals surface area (Å²) in [6.07, 6.45) is 0.109. The summed E-state index contributed by atoms with van der Waals surface area (Å²) < 4.78 is 13.5. The molecule has 2 rings (SSSR count). The van der Waals surface area contributed by atoms with Crippen molar-refractivity contribution in [3.8, 4) is 0 Å². The summed E-state index contributed by atoms with van der Waals surface area (Å²) >= 11 is 1.02. The molecule has 20 heavy (non-hydrogen) atoms. The van der Waals surface area contributed by atoms with E-state index >= 15 is 0 Å². The quantitative estimate of drug-likeness (QED) is 0.630. The van der Waals surface area contributed by atoms with E-state index in [1.807, 2.05) is 0 Å². The Morgan fingerprint density at radius 2 is 2.25 bits per heavy atom. The van der Waals surface area contributed by atoms with Crippen molar-refractivity contribution in [2.45, 2.75) is 18.6 Å². The topological polar surface area (TPSA) is 80.5 Å². The van der Waals surface area contributed by atoms with Crippen LogP contribution in [0, 0.1) is 15.9 Å². The SMILES string of the molecule is CC(=O)SC1CC(=O)N(c2cccc(F)c2[N+](=O)[O-])C1. The van der Waals surface area contributed by atoms with Gasteiger partial charge in [0.1, 0.15) is 5.69 Å². The molecule has 1 aromatic rings. The molecule has 0 bridgehead atoms. The predicted octanol–water partition coefficient (Wildman–Crippen LogP) is 2.12. The zero-order valence-corrected chi connectivity index (χ0v) is 11.4. The number of halogens is 1. The molecule has 6 nitrogen and oxygen atoms in total. The molecule has 0 aliphatic carbocycles. The number of hydrogen-bond acceptors (Lipinski definition) is 5. The van der Waals surface area contributed by atoms with E-state index in [9.17, 15) is 24.1 Å². The molecule has 1 aliphatic heterocycles. The lowest BCUT2D eigenvalue weighted by Gasteiger charge is -2.16. The third kappa shape index (κ3) is 2.79. The van der Waals surface area contributed by atoms with Gasteiger partial charge >= 0.3 is 5.69 Å². The lowest BCUT2D eigenvalue weighted by molar-refractivity contribution is -0.386. The molecule has 0 radical (unpaired) electrons. The van der Waals surface area contributed by atoms with Crippen molar-refractivity contribution in [2.24, 2.45) is 0 Å². The van der Waals surface area contributed by atoms with E-state index in [2.05, 4.69) is 0 Å². The normalized spacial score (nSPS) is 18.4. The number of carbonyl (C=O) groups is 2. The van der Waals surface area contributed by atoms with Crippen LogP contribution in [0.15, 0.2) is 18.2 Å². The summed E-state index contributed by atoms with van der Waals surface area (Å²) in [5.41, 5.74) is -0.777. The van der Waals surface area contributed by atoms with Crippen LogP contribution in [0.2, 0.25) is 0 Å². The number of nitro benzene ring substituents is 1. The number of carbonyl (C=O) groups excluding carboxylic acids is 2. The van der Waals surface area contributed by atoms with Crippen LogP contribution in [0.5, 0.6) is 0 Å². The van der Waals surface area contributed by atoms with E-state index < -0.39 is 16.4 Å². The number of amides is 1. The van der Waals surface area contributed by atoms with Crippen LogP contribution < -0.4 is 4.90 Å². The average molecular weight is 298 g/mol. The number of nitro groups is 1. The Balaban J connectivity index is 2.33. The largest absolute Gasteiger partial charge is 0.328 e. The van der Waals surface area contributed by atoms with Gasteiger partial charge < -0.3 is 4.90 Å². The Kier molecular flexibility index (Phi) is 4.03. The molecule has 1 unspecified atom stereocenters. The fraction of sp³-hybridized carbons (Fsp3) is 0.333. The first-order chi connectivity index (χ1) is 9.40. The molecule has 0 aromatic heterocycles. The van der Waals surface area contributed by atoms with E-state index in [-0.39, 0.29) is 34.9 Å². The molecule has 1 aliphatic rings. The zero-order chi connectivity index (χ0) is 14.9. The van der Waals surface area contributed by atoms with Crippen LogP contribution in [0.3, 0.4) is 0 Å². The first kappa shape index (κ1) is 14.4. The number of hydrogen-bond donors (Lipinski definition) is 0. The van der Waals surface area contributed by atoms with Crippen LogP contribution in [0.1, 0.15) is 13.3 Å². The maximum absolute atomic E-state index is 13.5. The van der Waals surface area contributed by atoms with Crippen LogP contribution in [-0.4, -0.2) is 27.7 Å². The van der Waals surface area contributed by atoms with Gasteiger partial charge in [-0.25, -0.2) is 0 Å². The standard InChI is InChI=1S/C12H11FN2O4S/c1-7(16)20-8-5-11(17)14(6-8)10-4-2-3-9(13)12(10)15(18)19/h2-4,8H,5-6H2,1H3. The molecule has 1 heterocycles. The highest BCUT2D eigenvalue weighted by Gasteiger charge is 2.36. The minimum absolute atomic E-state index is 0.0633. The highest BCUT2D eigenvalue weighted by Crippen LogP contribution is 2.35. The van der Waals surface area contributed by atoms with Gasteiger partial charge in [-0.2, -0.15) is 4.39 Å². The van der Waals surface area contributed by atoms with Crippen molar-refractivity contribution in [3.05, 3.63) is 34.1 Å². The van der Waals surface area contributed by atoms with E-state index in [0.717, 1.165) is 17.8 Å². The predicted molar refractivity (Wildman–Crippen MR) is 72.1 cm³/mol. The van der Waals surface area contributed by atoms with E-state index in [1.165, 1.54) is 24.0 Å². The molecule has 1 amide bonds. The second kappa shape index (κ2) is 5.58. The van der Waals surface area contributed by atoms with Gasteiger partial charge in [-0.3, -0.25) is 19.7 Å². The Hall–Kier alpha value is -1.96. The van der Waals surface area contributed by atoms with E-state index in [1.54, 1.807) is 0 Å². The second-order valence-electron chi connectivity index (χ2n) is 4.30. The lowest BCUT2D eigenvalue weighted by atomic mass is 10.2. The summed E-state index contributed by atoms with van der Waals surface area (Å²) in [4.78, 5) is 34.2. The van der Waals surface area contributed by atoms with Gasteiger partial charge in [-0.15, -0.1) is 0 Å². The van der Waals surface area contributed by atoms with Crippen molar-refractivity contribution in [2.75, 3.05) is 11.4 Å². The highest BCUT2D eigenvalue weighted by molar-refractivity contribution is 8.14. The van der Waals surface area contributed by atoms with Gasteiger partial charge in [0.2, 0.25) is 11.7 Å². The minimum atomic E-state index is -0.983. The van der Waals surface area contributed by atoms with Crippen molar-refractivity contribution >= 4 is 34.2 Å². The Bertz CT molecular complexity index is 593. The van der Waals surface area contributed by atoms with Gasteiger partial charge in [0.15, 0.2) is 5.12 Å². The molecule has 1 fully saturated rings. The number of nitrogens with zero attached hydrogens (tertiary/aromatic N) is 2. The van der Waals surface area contributed by atoms with Crippen LogP contribution in [0.25, 0.3) is 0 Å². The average Bonchev–Trinajstić information content (AvgIpc) is 2.68. The molecule has 8 heteroatoms. The number of rotatable bonds is 3. The lowest BCUT2D eigenvalue weighted by Crippen LogP contribution is -2.26. The minimum Gasteiger partial charge on any atom is -0.305 e. The Morgan fingerprint density at radius 3 is 2.85 bits per heavy atom. The summed E-state index contributed by atoms with van der Waals surface area (Å²) in [6, 6.07) is 3.63. The fourth-order valence-electron chi connectivity index (χ4n) is 2.12. The van der Waals surface area contributed by atoms with Gasteiger partial charge in [-0.05, 0) is 12.1 Å². The molecule has 1 aromatic carbocycles. The van der Waals surface area contributed by atoms with E-state index in [0.29, 0.717) is 0 Å². The first-order valence-electron chi connectivity index (χ1n) is 5.80. The van der Waals surface area contributed by atoms with E-state index in [4.69, 9.17) is 0 Å². The molecule has 0 spiro atoms. The third-order valence-corrected chi connectivity index (χ3v) is 3.84.